The largest absolute Gasteiger partial charge is 0.461 e. The Morgan fingerprint density at radius 1 is 1.22 bits per heavy atom. The summed E-state index contributed by atoms with van der Waals surface area (Å²) in [5.74, 6) is -9.60. The molecule has 1 saturated carbocycles. The standard InChI is InChI=1S/C16H12F4N2O4S/c17-8-3-7(6-21)4-9(5-8)26-10-1-2-11(27(22,24)25)13-12(10)14(18)16(19,20)15(13)23/h1-5,12-15,23H,(H2,22,24,25). The second-order valence-electron chi connectivity index (χ2n) is 6.15. The Kier molecular flexibility index (Phi) is 4.54. The van der Waals surface area contributed by atoms with Gasteiger partial charge in [0, 0.05) is 12.0 Å². The molecule has 144 valence electrons. The lowest BCUT2D eigenvalue weighted by atomic mass is 9.88. The molecule has 0 spiro atoms. The van der Waals surface area contributed by atoms with Crippen molar-refractivity contribution < 1.29 is 35.8 Å². The van der Waals surface area contributed by atoms with Crippen LogP contribution in [0.1, 0.15) is 5.56 Å². The number of halogens is 4. The van der Waals surface area contributed by atoms with Crippen LogP contribution in [0, 0.1) is 29.0 Å². The Hall–Kier alpha value is -2.42. The molecule has 4 unspecified atom stereocenters. The minimum absolute atomic E-state index is 0.132. The Bertz CT molecular complexity index is 1000. The van der Waals surface area contributed by atoms with Gasteiger partial charge < -0.3 is 9.84 Å². The van der Waals surface area contributed by atoms with E-state index in [0.29, 0.717) is 0 Å². The first kappa shape index (κ1) is 19.3. The van der Waals surface area contributed by atoms with Crippen molar-refractivity contribution in [1.82, 2.24) is 0 Å². The quantitative estimate of drug-likeness (QED) is 0.745. The number of alkyl halides is 3. The number of allylic oxidation sites excluding steroid dienone is 3. The molecule has 3 N–H and O–H groups in total. The van der Waals surface area contributed by atoms with Crippen molar-refractivity contribution in [2.75, 3.05) is 0 Å². The molecule has 0 heterocycles. The van der Waals surface area contributed by atoms with E-state index in [1.807, 2.05) is 0 Å². The first-order valence-corrected chi connectivity index (χ1v) is 9.04. The lowest BCUT2D eigenvalue weighted by Crippen LogP contribution is -2.38. The second kappa shape index (κ2) is 6.33. The number of hydrogen-bond donors (Lipinski definition) is 2. The van der Waals surface area contributed by atoms with Crippen molar-refractivity contribution in [2.24, 2.45) is 17.0 Å². The molecular weight excluding hydrogens is 392 g/mol. The van der Waals surface area contributed by atoms with Crippen molar-refractivity contribution in [1.29, 1.82) is 5.26 Å². The molecule has 0 saturated heterocycles. The molecule has 0 bridgehead atoms. The summed E-state index contributed by atoms with van der Waals surface area (Å²) in [4.78, 5) is -0.760. The molecule has 3 rings (SSSR count). The van der Waals surface area contributed by atoms with Gasteiger partial charge in [0.05, 0.1) is 22.5 Å². The third-order valence-corrected chi connectivity index (χ3v) is 5.50. The van der Waals surface area contributed by atoms with E-state index in [0.717, 1.165) is 30.4 Å². The summed E-state index contributed by atoms with van der Waals surface area (Å²) in [7, 11) is -4.50. The van der Waals surface area contributed by atoms with E-state index < -0.39 is 56.5 Å². The number of primary sulfonamides is 1. The van der Waals surface area contributed by atoms with Gasteiger partial charge in [-0.1, -0.05) is 0 Å². The van der Waals surface area contributed by atoms with Crippen LogP contribution >= 0.6 is 0 Å². The van der Waals surface area contributed by atoms with Crippen LogP contribution in [0.25, 0.3) is 0 Å². The highest BCUT2D eigenvalue weighted by Gasteiger charge is 2.67. The molecule has 1 fully saturated rings. The van der Waals surface area contributed by atoms with E-state index in [4.69, 9.17) is 15.1 Å². The Balaban J connectivity index is 2.08. The molecular formula is C16H12F4N2O4S. The smallest absolute Gasteiger partial charge is 0.305 e. The zero-order valence-electron chi connectivity index (χ0n) is 13.3. The zero-order chi connectivity index (χ0) is 20.1. The number of nitriles is 1. The monoisotopic (exact) mass is 404 g/mol. The summed E-state index contributed by atoms with van der Waals surface area (Å²) in [6, 6.07) is 4.50. The molecule has 0 aromatic heterocycles. The highest BCUT2D eigenvalue weighted by atomic mass is 32.2. The number of ether oxygens (including phenoxy) is 1. The average molecular weight is 404 g/mol. The first-order valence-electron chi connectivity index (χ1n) is 7.50. The van der Waals surface area contributed by atoms with Crippen molar-refractivity contribution in [3.63, 3.8) is 0 Å². The summed E-state index contributed by atoms with van der Waals surface area (Å²) >= 11 is 0. The summed E-state index contributed by atoms with van der Waals surface area (Å²) in [5.41, 5.74) is -0.132. The number of nitrogens with two attached hydrogens (primary N) is 1. The van der Waals surface area contributed by atoms with Crippen LogP contribution < -0.4 is 9.88 Å². The van der Waals surface area contributed by atoms with Gasteiger partial charge in [-0.3, -0.25) is 0 Å². The maximum Gasteiger partial charge on any atom is 0.305 e. The predicted octanol–water partition coefficient (Wildman–Crippen LogP) is 1.73. The van der Waals surface area contributed by atoms with E-state index in [2.05, 4.69) is 0 Å². The van der Waals surface area contributed by atoms with Gasteiger partial charge in [-0.15, -0.1) is 0 Å². The third kappa shape index (κ3) is 3.20. The number of rotatable bonds is 3. The molecule has 1 aromatic rings. The highest BCUT2D eigenvalue weighted by Crippen LogP contribution is 2.53. The molecule has 0 amide bonds. The fourth-order valence-corrected chi connectivity index (χ4v) is 4.18. The third-order valence-electron chi connectivity index (χ3n) is 4.44. The fourth-order valence-electron chi connectivity index (χ4n) is 3.27. The fraction of sp³-hybridized carbons (Fsp3) is 0.312. The molecule has 4 atom stereocenters. The Labute approximate surface area is 151 Å². The van der Waals surface area contributed by atoms with Crippen LogP contribution in [0.15, 0.2) is 41.0 Å². The molecule has 2 aliphatic rings. The lowest BCUT2D eigenvalue weighted by Gasteiger charge is -2.28. The van der Waals surface area contributed by atoms with E-state index >= 15 is 0 Å². The van der Waals surface area contributed by atoms with Crippen LogP contribution in [0.4, 0.5) is 17.6 Å². The summed E-state index contributed by atoms with van der Waals surface area (Å²) < 4.78 is 84.6. The van der Waals surface area contributed by atoms with E-state index in [1.54, 1.807) is 6.07 Å². The Morgan fingerprint density at radius 2 is 1.89 bits per heavy atom. The van der Waals surface area contributed by atoms with Crippen molar-refractivity contribution in [3.8, 4) is 11.8 Å². The van der Waals surface area contributed by atoms with Crippen molar-refractivity contribution in [3.05, 3.63) is 52.4 Å². The van der Waals surface area contributed by atoms with Crippen LogP contribution in [-0.2, 0) is 10.0 Å². The molecule has 2 aliphatic carbocycles. The number of aliphatic hydroxyl groups is 1. The van der Waals surface area contributed by atoms with Gasteiger partial charge in [0.2, 0.25) is 10.0 Å². The molecule has 0 radical (unpaired) electrons. The van der Waals surface area contributed by atoms with E-state index in [-0.39, 0.29) is 11.3 Å². The number of hydrogen-bond acceptors (Lipinski definition) is 5. The van der Waals surface area contributed by atoms with Crippen LogP contribution in [-0.4, -0.2) is 31.7 Å². The maximum atomic E-state index is 14.4. The van der Waals surface area contributed by atoms with Crippen molar-refractivity contribution in [2.45, 2.75) is 18.2 Å². The number of benzene rings is 1. The molecule has 0 aliphatic heterocycles. The highest BCUT2D eigenvalue weighted by molar-refractivity contribution is 7.93. The first-order chi connectivity index (χ1) is 12.5. The number of aliphatic hydroxyl groups excluding tert-OH is 1. The molecule has 27 heavy (non-hydrogen) atoms. The average Bonchev–Trinajstić information content (AvgIpc) is 2.75. The van der Waals surface area contributed by atoms with Crippen LogP contribution in [0.2, 0.25) is 0 Å². The van der Waals surface area contributed by atoms with Gasteiger partial charge in [-0.2, -0.15) is 5.26 Å². The SMILES string of the molecule is N#Cc1cc(F)cc(OC2=CC=C(S(N)(=O)=O)C3C2C(F)C(F)(F)C3O)c1. The molecule has 1 aromatic carbocycles. The van der Waals surface area contributed by atoms with Gasteiger partial charge in [-0.25, -0.2) is 31.1 Å². The topological polar surface area (TPSA) is 113 Å². The molecule has 11 heteroatoms. The minimum Gasteiger partial charge on any atom is -0.461 e. The van der Waals surface area contributed by atoms with Gasteiger partial charge in [0.1, 0.15) is 23.4 Å². The number of sulfonamides is 1. The summed E-state index contributed by atoms with van der Waals surface area (Å²) in [5, 5.41) is 23.7. The Morgan fingerprint density at radius 3 is 2.48 bits per heavy atom. The minimum atomic E-state index is -4.50. The summed E-state index contributed by atoms with van der Waals surface area (Å²) in [6.45, 7) is 0. The van der Waals surface area contributed by atoms with Crippen LogP contribution in [0.3, 0.4) is 0 Å². The van der Waals surface area contributed by atoms with E-state index in [9.17, 15) is 31.1 Å². The van der Waals surface area contributed by atoms with Gasteiger partial charge >= 0.3 is 5.92 Å². The number of nitrogens with zero attached hydrogens (tertiary/aromatic N) is 1. The van der Waals surface area contributed by atoms with Gasteiger partial charge in [0.25, 0.3) is 0 Å². The maximum absolute atomic E-state index is 14.4. The second-order valence-corrected chi connectivity index (χ2v) is 7.71. The van der Waals surface area contributed by atoms with Crippen LogP contribution in [0.5, 0.6) is 5.75 Å². The van der Waals surface area contributed by atoms with Gasteiger partial charge in [0.15, 0.2) is 6.17 Å². The number of fused-ring (bicyclic) bond motifs is 1. The van der Waals surface area contributed by atoms with Gasteiger partial charge in [-0.05, 0) is 24.3 Å². The van der Waals surface area contributed by atoms with E-state index in [1.165, 1.54) is 0 Å². The predicted molar refractivity (Wildman–Crippen MR) is 83.8 cm³/mol. The normalized spacial score (nSPS) is 29.4. The van der Waals surface area contributed by atoms with Crippen molar-refractivity contribution >= 4 is 10.0 Å². The zero-order valence-corrected chi connectivity index (χ0v) is 14.1. The lowest BCUT2D eigenvalue weighted by molar-refractivity contribution is -0.128. The molecule has 6 nitrogen and oxygen atoms in total. The summed E-state index contributed by atoms with van der Waals surface area (Å²) in [6.07, 6.45) is -3.89.